The number of ether oxygens (including phenoxy) is 2. The predicted molar refractivity (Wildman–Crippen MR) is 106 cm³/mol. The van der Waals surface area contributed by atoms with E-state index in [0.717, 1.165) is 22.3 Å². The maximum atomic E-state index is 13.3. The average molecular weight is 374 g/mol. The fourth-order valence-electron chi connectivity index (χ4n) is 3.22. The molecule has 0 spiro atoms. The first-order chi connectivity index (χ1) is 13.5. The molecule has 0 radical (unpaired) electrons. The SMILES string of the molecule is Cc1cccc(/C=C2\Oc3c(ccc(OCc4cccc(F)c4)c3C)C2=O)c1. The van der Waals surface area contributed by atoms with Crippen LogP contribution in [0.25, 0.3) is 6.08 Å². The molecule has 0 atom stereocenters. The molecule has 0 aromatic heterocycles. The zero-order valence-electron chi connectivity index (χ0n) is 15.7. The number of halogens is 1. The van der Waals surface area contributed by atoms with Crippen LogP contribution in [0, 0.1) is 19.7 Å². The molecule has 0 saturated heterocycles. The van der Waals surface area contributed by atoms with Crippen molar-refractivity contribution in [3.05, 3.63) is 100 Å². The average Bonchev–Trinajstić information content (AvgIpc) is 2.98. The van der Waals surface area contributed by atoms with E-state index in [0.29, 0.717) is 22.8 Å². The number of allylic oxidation sites excluding steroid dienone is 1. The van der Waals surface area contributed by atoms with Crippen molar-refractivity contribution in [1.82, 2.24) is 0 Å². The Bertz CT molecular complexity index is 1100. The minimum absolute atomic E-state index is 0.142. The molecule has 3 aromatic rings. The summed E-state index contributed by atoms with van der Waals surface area (Å²) in [5, 5.41) is 0. The summed E-state index contributed by atoms with van der Waals surface area (Å²) in [4.78, 5) is 12.7. The van der Waals surface area contributed by atoms with Gasteiger partial charge in [-0.05, 0) is 55.3 Å². The summed E-state index contributed by atoms with van der Waals surface area (Å²) in [5.74, 6) is 0.974. The van der Waals surface area contributed by atoms with E-state index in [1.165, 1.54) is 12.1 Å². The fourth-order valence-corrected chi connectivity index (χ4v) is 3.22. The van der Waals surface area contributed by atoms with Crippen molar-refractivity contribution in [2.75, 3.05) is 0 Å². The molecule has 0 N–H and O–H groups in total. The summed E-state index contributed by atoms with van der Waals surface area (Å²) in [6.07, 6.45) is 1.75. The first-order valence-electron chi connectivity index (χ1n) is 9.03. The Kier molecular flexibility index (Phi) is 4.70. The Morgan fingerprint density at radius 1 is 1.04 bits per heavy atom. The van der Waals surface area contributed by atoms with E-state index in [1.54, 1.807) is 30.3 Å². The van der Waals surface area contributed by atoms with Crippen molar-refractivity contribution in [3.8, 4) is 11.5 Å². The highest BCUT2D eigenvalue weighted by Gasteiger charge is 2.30. The van der Waals surface area contributed by atoms with Crippen molar-refractivity contribution in [2.24, 2.45) is 0 Å². The number of aryl methyl sites for hydroxylation is 1. The van der Waals surface area contributed by atoms with Gasteiger partial charge in [-0.1, -0.05) is 42.0 Å². The van der Waals surface area contributed by atoms with Crippen molar-refractivity contribution < 1.29 is 18.7 Å². The molecule has 0 aliphatic carbocycles. The predicted octanol–water partition coefficient (Wildman–Crippen LogP) is 5.64. The quantitative estimate of drug-likeness (QED) is 0.555. The molecule has 4 heteroatoms. The van der Waals surface area contributed by atoms with E-state index in [1.807, 2.05) is 38.1 Å². The minimum atomic E-state index is -0.299. The highest BCUT2D eigenvalue weighted by atomic mass is 19.1. The van der Waals surface area contributed by atoms with E-state index < -0.39 is 0 Å². The van der Waals surface area contributed by atoms with Gasteiger partial charge in [0, 0.05) is 5.56 Å². The topological polar surface area (TPSA) is 35.5 Å². The van der Waals surface area contributed by atoms with Crippen LogP contribution >= 0.6 is 0 Å². The van der Waals surface area contributed by atoms with Crippen molar-refractivity contribution in [3.63, 3.8) is 0 Å². The number of hydrogen-bond acceptors (Lipinski definition) is 3. The van der Waals surface area contributed by atoms with Gasteiger partial charge >= 0.3 is 0 Å². The Balaban J connectivity index is 1.58. The number of fused-ring (bicyclic) bond motifs is 1. The smallest absolute Gasteiger partial charge is 0.231 e. The summed E-state index contributed by atoms with van der Waals surface area (Å²) in [5.41, 5.74) is 4.03. The third kappa shape index (κ3) is 3.54. The highest BCUT2D eigenvalue weighted by molar-refractivity contribution is 6.14. The molecule has 0 amide bonds. The Morgan fingerprint density at radius 3 is 2.64 bits per heavy atom. The lowest BCUT2D eigenvalue weighted by molar-refractivity contribution is 0.101. The van der Waals surface area contributed by atoms with Crippen LogP contribution < -0.4 is 9.47 Å². The van der Waals surface area contributed by atoms with Crippen LogP contribution in [-0.2, 0) is 6.61 Å². The maximum absolute atomic E-state index is 13.3. The first kappa shape index (κ1) is 18.0. The molecule has 4 rings (SSSR count). The molecule has 28 heavy (non-hydrogen) atoms. The van der Waals surface area contributed by atoms with Gasteiger partial charge in [0.15, 0.2) is 5.76 Å². The number of rotatable bonds is 4. The standard InChI is InChI=1S/C24H19FO3/c1-15-5-3-6-17(11-15)13-22-23(26)20-9-10-21(16(2)24(20)28-22)27-14-18-7-4-8-19(25)12-18/h3-13H,14H2,1-2H3/b22-13-. The van der Waals surface area contributed by atoms with Crippen LogP contribution in [0.3, 0.4) is 0 Å². The van der Waals surface area contributed by atoms with Crippen molar-refractivity contribution in [2.45, 2.75) is 20.5 Å². The zero-order chi connectivity index (χ0) is 19.7. The molecule has 3 nitrogen and oxygen atoms in total. The molecule has 1 aliphatic rings. The maximum Gasteiger partial charge on any atom is 0.231 e. The van der Waals surface area contributed by atoms with Gasteiger partial charge in [0.1, 0.15) is 23.9 Å². The Hall–Kier alpha value is -3.40. The first-order valence-corrected chi connectivity index (χ1v) is 9.03. The lowest BCUT2D eigenvalue weighted by atomic mass is 10.1. The summed E-state index contributed by atoms with van der Waals surface area (Å²) < 4.78 is 25.0. The van der Waals surface area contributed by atoms with Crippen LogP contribution in [0.4, 0.5) is 4.39 Å². The number of benzene rings is 3. The zero-order valence-corrected chi connectivity index (χ0v) is 15.7. The van der Waals surface area contributed by atoms with E-state index in [2.05, 4.69) is 0 Å². The number of carbonyl (C=O) groups is 1. The van der Waals surface area contributed by atoms with Gasteiger partial charge < -0.3 is 9.47 Å². The van der Waals surface area contributed by atoms with Crippen LogP contribution in [0.5, 0.6) is 11.5 Å². The molecule has 1 heterocycles. The van der Waals surface area contributed by atoms with E-state index in [9.17, 15) is 9.18 Å². The molecular formula is C24H19FO3. The van der Waals surface area contributed by atoms with Crippen LogP contribution in [-0.4, -0.2) is 5.78 Å². The Labute approximate surface area is 163 Å². The molecule has 3 aromatic carbocycles. The second-order valence-corrected chi connectivity index (χ2v) is 6.84. The van der Waals surface area contributed by atoms with Crippen molar-refractivity contribution in [1.29, 1.82) is 0 Å². The van der Waals surface area contributed by atoms with E-state index in [-0.39, 0.29) is 18.2 Å². The summed E-state index contributed by atoms with van der Waals surface area (Å²) >= 11 is 0. The van der Waals surface area contributed by atoms with Crippen LogP contribution in [0.15, 0.2) is 66.4 Å². The van der Waals surface area contributed by atoms with E-state index in [4.69, 9.17) is 9.47 Å². The largest absolute Gasteiger partial charge is 0.488 e. The molecule has 140 valence electrons. The summed E-state index contributed by atoms with van der Waals surface area (Å²) in [7, 11) is 0. The monoisotopic (exact) mass is 374 g/mol. The van der Waals surface area contributed by atoms with Gasteiger partial charge in [-0.2, -0.15) is 0 Å². The summed E-state index contributed by atoms with van der Waals surface area (Å²) in [6, 6.07) is 17.6. The lowest BCUT2D eigenvalue weighted by Gasteiger charge is -2.11. The van der Waals surface area contributed by atoms with Gasteiger partial charge in [-0.15, -0.1) is 0 Å². The lowest BCUT2D eigenvalue weighted by Crippen LogP contribution is -1.98. The minimum Gasteiger partial charge on any atom is -0.488 e. The number of ketones is 1. The number of Topliss-reactive ketones (excluding diaryl/α,β-unsaturated/α-hetero) is 1. The molecule has 0 saturated carbocycles. The molecule has 0 fully saturated rings. The Morgan fingerprint density at radius 2 is 1.86 bits per heavy atom. The van der Waals surface area contributed by atoms with Crippen molar-refractivity contribution >= 4 is 11.9 Å². The second kappa shape index (κ2) is 7.31. The van der Waals surface area contributed by atoms with Crippen LogP contribution in [0.1, 0.15) is 32.6 Å². The number of carbonyl (C=O) groups excluding carboxylic acids is 1. The number of hydrogen-bond donors (Lipinski definition) is 0. The third-order valence-corrected chi connectivity index (χ3v) is 4.66. The normalized spacial score (nSPS) is 14.1. The second-order valence-electron chi connectivity index (χ2n) is 6.84. The molecule has 0 bridgehead atoms. The molecular weight excluding hydrogens is 355 g/mol. The van der Waals surface area contributed by atoms with Gasteiger partial charge in [-0.25, -0.2) is 4.39 Å². The van der Waals surface area contributed by atoms with Gasteiger partial charge in [-0.3, -0.25) is 4.79 Å². The van der Waals surface area contributed by atoms with Crippen LogP contribution in [0.2, 0.25) is 0 Å². The van der Waals surface area contributed by atoms with Gasteiger partial charge in [0.2, 0.25) is 5.78 Å². The van der Waals surface area contributed by atoms with Gasteiger partial charge in [0.05, 0.1) is 5.56 Å². The molecule has 1 aliphatic heterocycles. The third-order valence-electron chi connectivity index (χ3n) is 4.66. The fraction of sp³-hybridized carbons (Fsp3) is 0.125. The highest BCUT2D eigenvalue weighted by Crippen LogP contribution is 2.39. The van der Waals surface area contributed by atoms with Gasteiger partial charge in [0.25, 0.3) is 0 Å². The summed E-state index contributed by atoms with van der Waals surface area (Å²) in [6.45, 7) is 4.08. The van der Waals surface area contributed by atoms with E-state index >= 15 is 0 Å². The molecule has 0 unspecified atom stereocenters.